The third-order valence-corrected chi connectivity index (χ3v) is 4.15. The van der Waals surface area contributed by atoms with Crippen LogP contribution >= 0.6 is 0 Å². The van der Waals surface area contributed by atoms with Crippen molar-refractivity contribution in [1.29, 1.82) is 5.26 Å². The maximum absolute atomic E-state index is 9.35. The summed E-state index contributed by atoms with van der Waals surface area (Å²) >= 11 is 0. The molecule has 102 valence electrons. The van der Waals surface area contributed by atoms with E-state index in [0.29, 0.717) is 23.3 Å². The quantitative estimate of drug-likeness (QED) is 0.836. The van der Waals surface area contributed by atoms with Crippen molar-refractivity contribution >= 4 is 11.6 Å². The van der Waals surface area contributed by atoms with Crippen molar-refractivity contribution in [2.45, 2.75) is 25.8 Å². The van der Waals surface area contributed by atoms with Crippen molar-refractivity contribution in [2.75, 3.05) is 36.8 Å². The lowest BCUT2D eigenvalue weighted by Gasteiger charge is -2.27. The highest BCUT2D eigenvalue weighted by atomic mass is 15.4. The van der Waals surface area contributed by atoms with Crippen molar-refractivity contribution < 1.29 is 0 Å². The molecular weight excluding hydrogens is 240 g/mol. The van der Waals surface area contributed by atoms with E-state index in [1.807, 2.05) is 4.68 Å². The molecule has 1 aliphatic heterocycles. The van der Waals surface area contributed by atoms with Crippen LogP contribution in [0.3, 0.4) is 0 Å². The lowest BCUT2D eigenvalue weighted by atomic mass is 10.2. The molecule has 2 aliphatic rings. The summed E-state index contributed by atoms with van der Waals surface area (Å²) in [6, 6.07) is 2.52. The molecule has 1 atom stereocenters. The number of nitrogens with two attached hydrogens (primary N) is 1. The van der Waals surface area contributed by atoms with Gasteiger partial charge in [-0.3, -0.25) is 0 Å². The van der Waals surface area contributed by atoms with Gasteiger partial charge in [-0.1, -0.05) is 0 Å². The van der Waals surface area contributed by atoms with Crippen LogP contribution in [0.5, 0.6) is 0 Å². The predicted molar refractivity (Wildman–Crippen MR) is 73.9 cm³/mol. The normalized spacial score (nSPS) is 21.2. The Morgan fingerprint density at radius 3 is 2.68 bits per heavy atom. The standard InChI is InChI=1S/C13H20N6/c1-9(10-2-3-10)19-12(15)11(8-14)13(17-19)18-6-4-16-5-7-18/h9-10,16H,2-7,15H2,1H3. The first-order valence-electron chi connectivity index (χ1n) is 6.96. The summed E-state index contributed by atoms with van der Waals surface area (Å²) in [7, 11) is 0. The van der Waals surface area contributed by atoms with E-state index in [1.54, 1.807) is 0 Å². The van der Waals surface area contributed by atoms with Crippen molar-refractivity contribution in [3.8, 4) is 6.07 Å². The van der Waals surface area contributed by atoms with E-state index in [1.165, 1.54) is 12.8 Å². The van der Waals surface area contributed by atoms with Gasteiger partial charge in [-0.2, -0.15) is 10.4 Å². The second-order valence-electron chi connectivity index (χ2n) is 5.46. The molecule has 1 aromatic heterocycles. The molecule has 2 fully saturated rings. The van der Waals surface area contributed by atoms with Crippen molar-refractivity contribution in [3.05, 3.63) is 5.56 Å². The molecule has 19 heavy (non-hydrogen) atoms. The van der Waals surface area contributed by atoms with Crippen LogP contribution in [0, 0.1) is 17.2 Å². The number of nitrogens with zero attached hydrogens (tertiary/aromatic N) is 4. The fraction of sp³-hybridized carbons (Fsp3) is 0.692. The van der Waals surface area contributed by atoms with Gasteiger partial charge in [-0.05, 0) is 25.7 Å². The lowest BCUT2D eigenvalue weighted by Crippen LogP contribution is -2.44. The second kappa shape index (κ2) is 4.74. The molecule has 1 saturated carbocycles. The largest absolute Gasteiger partial charge is 0.383 e. The van der Waals surface area contributed by atoms with Crippen LogP contribution in [0.15, 0.2) is 0 Å². The monoisotopic (exact) mass is 260 g/mol. The first-order valence-corrected chi connectivity index (χ1v) is 6.96. The minimum absolute atomic E-state index is 0.295. The Hall–Kier alpha value is -1.74. The molecule has 1 saturated heterocycles. The fourth-order valence-corrected chi connectivity index (χ4v) is 2.73. The highest BCUT2D eigenvalue weighted by molar-refractivity contribution is 5.65. The molecule has 0 radical (unpaired) electrons. The average Bonchev–Trinajstić information content (AvgIpc) is 3.23. The Bertz CT molecular complexity index is 504. The average molecular weight is 260 g/mol. The van der Waals surface area contributed by atoms with Crippen molar-refractivity contribution in [1.82, 2.24) is 15.1 Å². The van der Waals surface area contributed by atoms with Crippen LogP contribution < -0.4 is 16.0 Å². The van der Waals surface area contributed by atoms with Gasteiger partial charge in [0.05, 0.1) is 6.04 Å². The van der Waals surface area contributed by atoms with Gasteiger partial charge in [0.25, 0.3) is 0 Å². The number of hydrogen-bond donors (Lipinski definition) is 2. The van der Waals surface area contributed by atoms with Crippen LogP contribution in [0.2, 0.25) is 0 Å². The number of aromatic nitrogens is 2. The SMILES string of the molecule is CC(C1CC1)n1nc(N2CCNCC2)c(C#N)c1N. The molecule has 3 rings (SSSR count). The maximum atomic E-state index is 9.35. The zero-order valence-corrected chi connectivity index (χ0v) is 11.3. The Morgan fingerprint density at radius 1 is 1.42 bits per heavy atom. The van der Waals surface area contributed by atoms with Gasteiger partial charge < -0.3 is 16.0 Å². The smallest absolute Gasteiger partial charge is 0.171 e. The number of piperazine rings is 1. The van der Waals surface area contributed by atoms with Gasteiger partial charge >= 0.3 is 0 Å². The van der Waals surface area contributed by atoms with Crippen LogP contribution in [-0.2, 0) is 0 Å². The first-order chi connectivity index (χ1) is 9.22. The van der Waals surface area contributed by atoms with Crippen LogP contribution in [0.25, 0.3) is 0 Å². The van der Waals surface area contributed by atoms with E-state index in [2.05, 4.69) is 28.3 Å². The number of rotatable bonds is 3. The predicted octanol–water partition coefficient (Wildman–Crippen LogP) is 0.718. The molecule has 3 N–H and O–H groups in total. The lowest BCUT2D eigenvalue weighted by molar-refractivity contribution is 0.444. The van der Waals surface area contributed by atoms with Gasteiger partial charge in [0.1, 0.15) is 17.5 Å². The molecule has 1 aromatic rings. The van der Waals surface area contributed by atoms with E-state index in [9.17, 15) is 5.26 Å². The van der Waals surface area contributed by atoms with Gasteiger partial charge in [-0.15, -0.1) is 0 Å². The topological polar surface area (TPSA) is 82.9 Å². The molecule has 1 aliphatic carbocycles. The Balaban J connectivity index is 1.94. The molecular formula is C13H20N6. The summed E-state index contributed by atoms with van der Waals surface area (Å²) in [5.41, 5.74) is 6.66. The van der Waals surface area contributed by atoms with Crippen molar-refractivity contribution in [2.24, 2.45) is 5.92 Å². The van der Waals surface area contributed by atoms with Gasteiger partial charge in [0.15, 0.2) is 5.82 Å². The molecule has 1 unspecified atom stereocenters. The minimum atomic E-state index is 0.295. The van der Waals surface area contributed by atoms with Gasteiger partial charge in [0, 0.05) is 26.2 Å². The number of nitriles is 1. The summed E-state index contributed by atoms with van der Waals surface area (Å²) in [6.45, 7) is 5.75. The molecule has 0 amide bonds. The van der Waals surface area contributed by atoms with Crippen LogP contribution in [-0.4, -0.2) is 36.0 Å². The summed E-state index contributed by atoms with van der Waals surface area (Å²) in [6.07, 6.45) is 2.48. The maximum Gasteiger partial charge on any atom is 0.171 e. The molecule has 0 bridgehead atoms. The van der Waals surface area contributed by atoms with E-state index in [4.69, 9.17) is 5.73 Å². The second-order valence-corrected chi connectivity index (χ2v) is 5.46. The number of nitrogens with one attached hydrogen (secondary N) is 1. The Morgan fingerprint density at radius 2 is 2.11 bits per heavy atom. The molecule has 0 aromatic carbocycles. The third-order valence-electron chi connectivity index (χ3n) is 4.15. The number of hydrogen-bond acceptors (Lipinski definition) is 5. The Kier molecular flexibility index (Phi) is 3.07. The van der Waals surface area contributed by atoms with Gasteiger partial charge in [-0.25, -0.2) is 4.68 Å². The number of anilines is 2. The molecule has 6 nitrogen and oxygen atoms in total. The zero-order valence-electron chi connectivity index (χ0n) is 11.3. The number of nitrogen functional groups attached to an aromatic ring is 1. The zero-order chi connectivity index (χ0) is 13.4. The highest BCUT2D eigenvalue weighted by Crippen LogP contribution is 2.41. The van der Waals surface area contributed by atoms with E-state index in [-0.39, 0.29) is 0 Å². The summed E-state index contributed by atoms with van der Waals surface area (Å²) in [5, 5.41) is 17.3. The van der Waals surface area contributed by atoms with Crippen LogP contribution in [0.1, 0.15) is 31.4 Å². The van der Waals surface area contributed by atoms with Crippen LogP contribution in [0.4, 0.5) is 11.6 Å². The highest BCUT2D eigenvalue weighted by Gasteiger charge is 2.33. The molecule has 6 heteroatoms. The Labute approximate surface area is 113 Å². The summed E-state index contributed by atoms with van der Waals surface area (Å²) in [5.74, 6) is 1.95. The molecule has 2 heterocycles. The molecule has 0 spiro atoms. The summed E-state index contributed by atoms with van der Waals surface area (Å²) < 4.78 is 1.85. The van der Waals surface area contributed by atoms with Gasteiger partial charge in [0.2, 0.25) is 0 Å². The first kappa shape index (κ1) is 12.3. The summed E-state index contributed by atoms with van der Waals surface area (Å²) in [4.78, 5) is 2.15. The fourth-order valence-electron chi connectivity index (χ4n) is 2.73. The van der Waals surface area contributed by atoms with E-state index < -0.39 is 0 Å². The minimum Gasteiger partial charge on any atom is -0.383 e. The van der Waals surface area contributed by atoms with E-state index in [0.717, 1.165) is 32.0 Å². The van der Waals surface area contributed by atoms with E-state index >= 15 is 0 Å². The third kappa shape index (κ3) is 2.15. The van der Waals surface area contributed by atoms with Crippen molar-refractivity contribution in [3.63, 3.8) is 0 Å².